The van der Waals surface area contributed by atoms with Crippen molar-refractivity contribution in [2.45, 2.75) is 24.9 Å². The lowest BCUT2D eigenvalue weighted by molar-refractivity contribution is -0.0432. The van der Waals surface area contributed by atoms with Crippen molar-refractivity contribution in [3.05, 3.63) is 12.7 Å². The van der Waals surface area contributed by atoms with Gasteiger partial charge in [-0.1, -0.05) is 0 Å². The number of aliphatic hydroxyl groups is 2. The summed E-state index contributed by atoms with van der Waals surface area (Å²) in [6, 6.07) is 0. The van der Waals surface area contributed by atoms with Gasteiger partial charge in [0.15, 0.2) is 17.0 Å². The summed E-state index contributed by atoms with van der Waals surface area (Å²) < 4.78 is 7.36. The Bertz CT molecular complexity index is 685. The van der Waals surface area contributed by atoms with E-state index in [9.17, 15) is 10.2 Å². The van der Waals surface area contributed by atoms with Gasteiger partial charge in [0, 0.05) is 20.5 Å². The molecule has 3 heterocycles. The van der Waals surface area contributed by atoms with Crippen LogP contribution in [0.1, 0.15) is 12.6 Å². The van der Waals surface area contributed by atoms with E-state index in [4.69, 9.17) is 4.74 Å². The number of hydrogen-bond donors (Lipinski definition) is 2. The summed E-state index contributed by atoms with van der Waals surface area (Å²) in [6.07, 6.45) is 3.30. The number of rotatable bonds is 4. The summed E-state index contributed by atoms with van der Waals surface area (Å²) in [4.78, 5) is 18.7. The van der Waals surface area contributed by atoms with Crippen LogP contribution >= 0.6 is 0 Å². The fourth-order valence-electron chi connectivity index (χ4n) is 2.37. The average Bonchev–Trinajstić information content (AvgIpc) is 3.08. The lowest BCUT2D eigenvalue weighted by atomic mass is 10.2. The van der Waals surface area contributed by atoms with E-state index in [2.05, 4.69) is 19.9 Å². The van der Waals surface area contributed by atoms with E-state index in [1.165, 1.54) is 6.33 Å². The Labute approximate surface area is 126 Å². The first kappa shape index (κ1) is 14.8. The molecule has 0 saturated carbocycles. The molecule has 0 radical (unpaired) electrons. The van der Waals surface area contributed by atoms with Crippen LogP contribution in [0.25, 0.3) is 11.2 Å². The smallest absolute Gasteiger partial charge is 0.184 e. The summed E-state index contributed by atoms with van der Waals surface area (Å²) in [5, 5.41) is 19.0. The normalized spacial score (nSPS) is 25.4. The first-order valence-corrected chi connectivity index (χ1v) is 6.92. The minimum Gasteiger partial charge on any atom is -0.394 e. The van der Waals surface area contributed by atoms with Crippen LogP contribution in [0.4, 0.5) is 5.82 Å². The maximum absolute atomic E-state index is 9.85. The van der Waals surface area contributed by atoms with Crippen molar-refractivity contribution in [3.8, 4) is 0 Å². The van der Waals surface area contributed by atoms with Gasteiger partial charge in [-0.25, -0.2) is 19.9 Å². The number of hydrogen-bond acceptors (Lipinski definition) is 7. The molecule has 3 atom stereocenters. The third kappa shape index (κ3) is 2.65. The molecule has 118 valence electrons. The van der Waals surface area contributed by atoms with Crippen molar-refractivity contribution in [1.29, 1.82) is 0 Å². The van der Waals surface area contributed by atoms with E-state index in [1.807, 2.05) is 14.1 Å². The molecule has 9 heteroatoms. The van der Waals surface area contributed by atoms with Gasteiger partial charge in [0.1, 0.15) is 18.7 Å². The third-order valence-electron chi connectivity index (χ3n) is 3.44. The topological polar surface area (TPSA) is 109 Å². The molecule has 2 aromatic heterocycles. The van der Waals surface area contributed by atoms with Crippen LogP contribution in [-0.2, 0) is 4.74 Å². The predicted molar refractivity (Wildman–Crippen MR) is 78.8 cm³/mol. The van der Waals surface area contributed by atoms with E-state index >= 15 is 0 Å². The quantitative estimate of drug-likeness (QED) is 0.589. The van der Waals surface area contributed by atoms with Gasteiger partial charge in [-0.15, -0.1) is 0 Å². The Balaban J connectivity index is 1.95. The van der Waals surface area contributed by atoms with Gasteiger partial charge in [-0.05, 0) is 0 Å². The monoisotopic (exact) mass is 306 g/mol. The van der Waals surface area contributed by atoms with Crippen molar-refractivity contribution < 1.29 is 14.9 Å². The van der Waals surface area contributed by atoms with Crippen molar-refractivity contribution >= 4 is 23.3 Å². The number of imidazole rings is 1. The number of ether oxygens (including phenoxy) is 1. The van der Waals surface area contributed by atoms with E-state index in [0.717, 1.165) is 0 Å². The largest absolute Gasteiger partial charge is 0.394 e. The maximum atomic E-state index is 9.85. The van der Waals surface area contributed by atoms with E-state index in [1.54, 1.807) is 22.1 Å². The Hall–Kier alpha value is -2.10. The molecule has 1 aliphatic heterocycles. The first-order chi connectivity index (χ1) is 10.6. The highest BCUT2D eigenvalue weighted by molar-refractivity contribution is 5.82. The molecule has 1 unspecified atom stereocenters. The van der Waals surface area contributed by atoms with Crippen LogP contribution in [-0.4, -0.2) is 73.9 Å². The zero-order valence-electron chi connectivity index (χ0n) is 12.4. The molecular weight excluding hydrogens is 288 g/mol. The highest BCUT2D eigenvalue weighted by Gasteiger charge is 2.35. The first-order valence-electron chi connectivity index (χ1n) is 6.92. The van der Waals surface area contributed by atoms with E-state index < -0.39 is 18.4 Å². The molecule has 0 aromatic carbocycles. The number of nitrogens with zero attached hydrogens (tertiary/aromatic N) is 6. The summed E-state index contributed by atoms with van der Waals surface area (Å²) >= 11 is 0. The van der Waals surface area contributed by atoms with Crippen LogP contribution in [0.15, 0.2) is 17.6 Å². The minimum absolute atomic E-state index is 0.225. The summed E-state index contributed by atoms with van der Waals surface area (Å²) in [5.74, 6) is 0.467. The fraction of sp³-hybridized carbons (Fsp3) is 0.538. The number of fused-ring (bicyclic) bond motifs is 1. The molecule has 1 aliphatic rings. The average molecular weight is 306 g/mol. The molecule has 2 aromatic rings. The molecule has 0 amide bonds. The summed E-state index contributed by atoms with van der Waals surface area (Å²) in [7, 11) is 3.73. The van der Waals surface area contributed by atoms with Crippen LogP contribution in [0.5, 0.6) is 0 Å². The Morgan fingerprint density at radius 2 is 2.27 bits per heavy atom. The molecule has 0 bridgehead atoms. The number of aliphatic hydroxyl groups excluding tert-OH is 2. The zero-order chi connectivity index (χ0) is 15.7. The molecule has 1 saturated heterocycles. The van der Waals surface area contributed by atoms with Gasteiger partial charge in [-0.2, -0.15) is 0 Å². The second kappa shape index (κ2) is 5.95. The van der Waals surface area contributed by atoms with Gasteiger partial charge in [0.05, 0.1) is 25.4 Å². The lowest BCUT2D eigenvalue weighted by Crippen LogP contribution is -2.24. The zero-order valence-corrected chi connectivity index (χ0v) is 12.4. The number of aromatic nitrogens is 4. The van der Waals surface area contributed by atoms with Crippen molar-refractivity contribution in [2.24, 2.45) is 4.99 Å². The molecule has 2 N–H and O–H groups in total. The minimum atomic E-state index is -0.708. The predicted octanol–water partition coefficient (Wildman–Crippen LogP) is -0.312. The van der Waals surface area contributed by atoms with Gasteiger partial charge < -0.3 is 19.8 Å². The second-order valence-corrected chi connectivity index (χ2v) is 5.34. The molecule has 0 aliphatic carbocycles. The molecule has 3 rings (SSSR count). The van der Waals surface area contributed by atoms with E-state index in [0.29, 0.717) is 23.4 Å². The standard InChI is InChI=1S/C13H18N6O3/c1-18(2)6-17-12-11-13(15-5-14-12)19(7-16-11)10-3-8(21)9(4-20)22-10/h5-10,20-21H,3-4H2,1-2H3/t8?,9-,10-/m1/s1. The highest BCUT2D eigenvalue weighted by Crippen LogP contribution is 2.31. The van der Waals surface area contributed by atoms with Gasteiger partial charge in [-0.3, -0.25) is 4.57 Å². The van der Waals surface area contributed by atoms with Crippen molar-refractivity contribution in [1.82, 2.24) is 24.4 Å². The second-order valence-electron chi connectivity index (χ2n) is 5.34. The Kier molecular flexibility index (Phi) is 4.01. The third-order valence-corrected chi connectivity index (χ3v) is 3.44. The van der Waals surface area contributed by atoms with Crippen LogP contribution in [0, 0.1) is 0 Å². The van der Waals surface area contributed by atoms with Gasteiger partial charge in [0.2, 0.25) is 0 Å². The molecular formula is C13H18N6O3. The molecule has 9 nitrogen and oxygen atoms in total. The van der Waals surface area contributed by atoms with Crippen molar-refractivity contribution in [2.75, 3.05) is 20.7 Å². The fourth-order valence-corrected chi connectivity index (χ4v) is 2.37. The summed E-state index contributed by atoms with van der Waals surface area (Å²) in [5.41, 5.74) is 1.14. The van der Waals surface area contributed by atoms with Crippen LogP contribution in [0.3, 0.4) is 0 Å². The van der Waals surface area contributed by atoms with Crippen molar-refractivity contribution in [3.63, 3.8) is 0 Å². The Morgan fingerprint density at radius 3 is 2.95 bits per heavy atom. The molecule has 1 fully saturated rings. The maximum Gasteiger partial charge on any atom is 0.184 e. The highest BCUT2D eigenvalue weighted by atomic mass is 16.5. The molecule has 0 spiro atoms. The molecule has 22 heavy (non-hydrogen) atoms. The SMILES string of the molecule is CN(C)C=Nc1ncnc2c1ncn2[C@H]1CC(O)[C@@H](CO)O1. The Morgan fingerprint density at radius 1 is 1.45 bits per heavy atom. The van der Waals surface area contributed by atoms with Gasteiger partial charge in [0.25, 0.3) is 0 Å². The lowest BCUT2D eigenvalue weighted by Gasteiger charge is -2.13. The summed E-state index contributed by atoms with van der Waals surface area (Å²) in [6.45, 7) is -0.225. The van der Waals surface area contributed by atoms with Crippen LogP contribution < -0.4 is 0 Å². The van der Waals surface area contributed by atoms with Crippen LogP contribution in [0.2, 0.25) is 0 Å². The van der Waals surface area contributed by atoms with E-state index in [-0.39, 0.29) is 6.61 Å². The van der Waals surface area contributed by atoms with Gasteiger partial charge >= 0.3 is 0 Å². The number of aliphatic imine (C=N–C) groups is 1.